The number of hydrogen-bond acceptors (Lipinski definition) is 4. The molecular formula is C11H19N3O. The van der Waals surface area contributed by atoms with E-state index in [1.54, 1.807) is 0 Å². The maximum absolute atomic E-state index is 5.40. The van der Waals surface area contributed by atoms with Crippen LogP contribution in [0.1, 0.15) is 6.42 Å². The van der Waals surface area contributed by atoms with Crippen molar-refractivity contribution in [2.45, 2.75) is 12.0 Å². The number of hydrogen-bond donors (Lipinski definition) is 0. The van der Waals surface area contributed by atoms with Gasteiger partial charge in [-0.1, -0.05) is 0 Å². The summed E-state index contributed by atoms with van der Waals surface area (Å²) in [7, 11) is 6.60. The Hall–Kier alpha value is -0.900. The van der Waals surface area contributed by atoms with Crippen molar-refractivity contribution >= 4 is 0 Å². The molecule has 0 aromatic carbocycles. The van der Waals surface area contributed by atoms with Gasteiger partial charge in [0.05, 0.1) is 24.4 Å². The molecule has 0 atom stereocenters. The SMILES string of the molecule is CN1CCN(C)C2=C1CC1(COC1)N2C. The third-order valence-electron chi connectivity index (χ3n) is 4.12. The summed E-state index contributed by atoms with van der Waals surface area (Å²) in [5, 5.41) is 0. The zero-order valence-electron chi connectivity index (χ0n) is 9.79. The first-order chi connectivity index (χ1) is 7.14. The fraction of sp³-hybridized carbons (Fsp3) is 0.818. The summed E-state index contributed by atoms with van der Waals surface area (Å²) in [6.45, 7) is 4.03. The molecule has 15 heavy (non-hydrogen) atoms. The van der Waals surface area contributed by atoms with Crippen LogP contribution in [-0.4, -0.2) is 67.7 Å². The van der Waals surface area contributed by atoms with Gasteiger partial charge in [0.1, 0.15) is 5.82 Å². The number of likely N-dealkylation sites (N-methyl/N-ethyl adjacent to an activating group) is 3. The number of ether oxygens (including phenoxy) is 1. The van der Waals surface area contributed by atoms with Crippen molar-refractivity contribution in [3.63, 3.8) is 0 Å². The highest BCUT2D eigenvalue weighted by molar-refractivity contribution is 5.27. The van der Waals surface area contributed by atoms with Crippen LogP contribution in [0.3, 0.4) is 0 Å². The second-order valence-electron chi connectivity index (χ2n) is 5.07. The minimum atomic E-state index is 0.275. The number of rotatable bonds is 0. The van der Waals surface area contributed by atoms with E-state index in [2.05, 4.69) is 35.8 Å². The van der Waals surface area contributed by atoms with Crippen LogP contribution in [0.2, 0.25) is 0 Å². The van der Waals surface area contributed by atoms with Crippen LogP contribution in [0.25, 0.3) is 0 Å². The van der Waals surface area contributed by atoms with Gasteiger partial charge in [0, 0.05) is 40.7 Å². The predicted molar refractivity (Wildman–Crippen MR) is 58.2 cm³/mol. The lowest BCUT2D eigenvalue weighted by Gasteiger charge is -2.46. The summed E-state index contributed by atoms with van der Waals surface area (Å²) in [6.07, 6.45) is 1.15. The first-order valence-corrected chi connectivity index (χ1v) is 5.61. The highest BCUT2D eigenvalue weighted by Gasteiger charge is 2.51. The molecule has 0 aliphatic carbocycles. The zero-order valence-corrected chi connectivity index (χ0v) is 9.79. The molecule has 0 saturated carbocycles. The minimum absolute atomic E-state index is 0.275. The molecule has 3 aliphatic rings. The van der Waals surface area contributed by atoms with Crippen LogP contribution in [0.15, 0.2) is 11.5 Å². The van der Waals surface area contributed by atoms with E-state index in [9.17, 15) is 0 Å². The monoisotopic (exact) mass is 209 g/mol. The van der Waals surface area contributed by atoms with E-state index in [-0.39, 0.29) is 5.54 Å². The van der Waals surface area contributed by atoms with Gasteiger partial charge in [-0.3, -0.25) is 0 Å². The van der Waals surface area contributed by atoms with Crippen molar-refractivity contribution in [2.24, 2.45) is 0 Å². The summed E-state index contributed by atoms with van der Waals surface area (Å²) >= 11 is 0. The third-order valence-corrected chi connectivity index (χ3v) is 4.12. The Bertz CT molecular complexity index is 322. The van der Waals surface area contributed by atoms with Crippen LogP contribution in [-0.2, 0) is 4.74 Å². The fourth-order valence-corrected chi connectivity index (χ4v) is 2.88. The van der Waals surface area contributed by atoms with Gasteiger partial charge in [0.25, 0.3) is 0 Å². The molecule has 1 spiro atoms. The van der Waals surface area contributed by atoms with Gasteiger partial charge in [-0.25, -0.2) is 0 Å². The Morgan fingerprint density at radius 1 is 1.07 bits per heavy atom. The molecule has 3 aliphatic heterocycles. The average Bonchev–Trinajstić information content (AvgIpc) is 2.47. The molecule has 0 bridgehead atoms. The van der Waals surface area contributed by atoms with E-state index < -0.39 is 0 Å². The number of nitrogens with zero attached hydrogens (tertiary/aromatic N) is 3. The van der Waals surface area contributed by atoms with Crippen LogP contribution in [0, 0.1) is 0 Å². The van der Waals surface area contributed by atoms with E-state index in [0.717, 1.165) is 32.7 Å². The Morgan fingerprint density at radius 3 is 2.27 bits per heavy atom. The van der Waals surface area contributed by atoms with E-state index in [0.29, 0.717) is 0 Å². The Morgan fingerprint density at radius 2 is 1.73 bits per heavy atom. The van der Waals surface area contributed by atoms with Gasteiger partial charge >= 0.3 is 0 Å². The van der Waals surface area contributed by atoms with Crippen molar-refractivity contribution in [2.75, 3.05) is 47.4 Å². The smallest absolute Gasteiger partial charge is 0.124 e. The van der Waals surface area contributed by atoms with Crippen LogP contribution in [0.5, 0.6) is 0 Å². The molecule has 0 aromatic heterocycles. The van der Waals surface area contributed by atoms with Crippen molar-refractivity contribution in [1.82, 2.24) is 14.7 Å². The highest BCUT2D eigenvalue weighted by Crippen LogP contribution is 2.43. The normalized spacial score (nSPS) is 28.6. The van der Waals surface area contributed by atoms with Crippen molar-refractivity contribution in [3.8, 4) is 0 Å². The first kappa shape index (κ1) is 9.33. The summed E-state index contributed by atoms with van der Waals surface area (Å²) in [5.41, 5.74) is 1.77. The molecule has 0 unspecified atom stereocenters. The molecular weight excluding hydrogens is 190 g/mol. The molecule has 3 heterocycles. The fourth-order valence-electron chi connectivity index (χ4n) is 2.88. The van der Waals surface area contributed by atoms with E-state index in [1.165, 1.54) is 11.5 Å². The quantitative estimate of drug-likeness (QED) is 0.565. The summed E-state index contributed by atoms with van der Waals surface area (Å²) in [4.78, 5) is 7.21. The van der Waals surface area contributed by atoms with Crippen LogP contribution in [0.4, 0.5) is 0 Å². The first-order valence-electron chi connectivity index (χ1n) is 5.61. The maximum Gasteiger partial charge on any atom is 0.124 e. The molecule has 1 saturated heterocycles. The van der Waals surface area contributed by atoms with Gasteiger partial charge in [-0.15, -0.1) is 0 Å². The van der Waals surface area contributed by atoms with Crippen molar-refractivity contribution < 1.29 is 4.74 Å². The topological polar surface area (TPSA) is 19.0 Å². The zero-order chi connectivity index (χ0) is 10.6. The molecule has 0 amide bonds. The highest BCUT2D eigenvalue weighted by atomic mass is 16.5. The van der Waals surface area contributed by atoms with Crippen molar-refractivity contribution in [1.29, 1.82) is 0 Å². The standard InChI is InChI=1S/C11H19N3O/c1-12-4-5-13(2)10-9(12)6-11(14(10)3)7-15-8-11/h4-8H2,1-3H3. The molecule has 0 N–H and O–H groups in total. The lowest BCUT2D eigenvalue weighted by atomic mass is 9.93. The largest absolute Gasteiger partial charge is 0.376 e. The van der Waals surface area contributed by atoms with E-state index in [4.69, 9.17) is 4.74 Å². The molecule has 0 aromatic rings. The second kappa shape index (κ2) is 2.82. The lowest BCUT2D eigenvalue weighted by molar-refractivity contribution is -0.116. The van der Waals surface area contributed by atoms with Gasteiger partial charge in [-0.2, -0.15) is 0 Å². The lowest BCUT2D eigenvalue weighted by Crippen LogP contribution is -2.58. The van der Waals surface area contributed by atoms with Crippen LogP contribution < -0.4 is 0 Å². The van der Waals surface area contributed by atoms with Gasteiger partial charge < -0.3 is 19.4 Å². The van der Waals surface area contributed by atoms with E-state index in [1.807, 2.05) is 0 Å². The van der Waals surface area contributed by atoms with E-state index >= 15 is 0 Å². The molecule has 84 valence electrons. The summed E-state index contributed by atoms with van der Waals surface area (Å²) in [5.74, 6) is 1.41. The van der Waals surface area contributed by atoms with Gasteiger partial charge in [-0.05, 0) is 0 Å². The molecule has 3 rings (SSSR count). The van der Waals surface area contributed by atoms with Gasteiger partial charge in [0.2, 0.25) is 0 Å². The molecule has 4 nitrogen and oxygen atoms in total. The maximum atomic E-state index is 5.40. The summed E-state index contributed by atoms with van der Waals surface area (Å²) in [6, 6.07) is 0. The molecule has 4 heteroatoms. The Balaban J connectivity index is 1.96. The Kier molecular flexibility index (Phi) is 1.75. The summed E-state index contributed by atoms with van der Waals surface area (Å²) < 4.78 is 5.40. The van der Waals surface area contributed by atoms with Gasteiger partial charge in [0.15, 0.2) is 0 Å². The van der Waals surface area contributed by atoms with Crippen molar-refractivity contribution in [3.05, 3.63) is 11.5 Å². The third kappa shape index (κ3) is 1.06. The predicted octanol–water partition coefficient (Wildman–Crippen LogP) is 0.137. The minimum Gasteiger partial charge on any atom is -0.376 e. The average molecular weight is 209 g/mol. The molecule has 0 radical (unpaired) electrons. The second-order valence-corrected chi connectivity index (χ2v) is 5.07. The molecule has 1 fully saturated rings. The Labute approximate surface area is 91.1 Å². The van der Waals surface area contributed by atoms with Crippen LogP contribution >= 0.6 is 0 Å².